The van der Waals surface area contributed by atoms with Crippen molar-refractivity contribution < 1.29 is 28.8 Å². The largest absolute Gasteiger partial charge is 0.344 e. The summed E-state index contributed by atoms with van der Waals surface area (Å²) in [6.07, 6.45) is -0.441. The smallest absolute Gasteiger partial charge is 0.243 e. The summed E-state index contributed by atoms with van der Waals surface area (Å²) in [4.78, 5) is 81.3. The summed E-state index contributed by atoms with van der Waals surface area (Å²) in [6, 6.07) is -5.97. The van der Waals surface area contributed by atoms with Gasteiger partial charge in [-0.1, -0.05) is 27.7 Å². The molecule has 0 unspecified atom stereocenters. The van der Waals surface area contributed by atoms with Gasteiger partial charge in [0.25, 0.3) is 0 Å². The molecule has 21 heteroatoms. The van der Waals surface area contributed by atoms with Crippen LogP contribution in [-0.2, 0) is 28.8 Å². The highest BCUT2D eigenvalue weighted by Gasteiger charge is 2.36. The van der Waals surface area contributed by atoms with Crippen molar-refractivity contribution in [1.29, 1.82) is 0 Å². The van der Waals surface area contributed by atoms with Gasteiger partial charge in [0.05, 0.1) is 36.8 Å². The van der Waals surface area contributed by atoms with Crippen molar-refractivity contribution in [3.8, 4) is 0 Å². The van der Waals surface area contributed by atoms with Crippen LogP contribution in [0.1, 0.15) is 86.0 Å². The summed E-state index contributed by atoms with van der Waals surface area (Å²) in [5.74, 6) is -3.91. The number of rotatable bonds is 33. The van der Waals surface area contributed by atoms with Crippen molar-refractivity contribution in [3.05, 3.63) is 0 Å². The quantitative estimate of drug-likeness (QED) is 0.0168. The first kappa shape index (κ1) is 52.9. The number of nitrogens with one attached hydrogen (secondary N) is 8. The standard InChI is InChI=1S/C35H75N15O6/c1-19(2)16-22(36)30(54)49-25(12-9-15-46-35(41)42)32(56)48-23(10-7-13-44-33(37)38)28(52)29(53)26(17-20(3)4)50-31(55)24(11-8-14-45-34(39)40)47-18-27(51)21(5)43-6/h19-26,33-35,43-47H,7-18,36-42H2,1-6H3,(H,48,56)(H,49,54)(H,50,55)/t21-,22-,23-,24-,25-,26-/m0/s1. The normalized spacial score (nSPS) is 15.1. The van der Waals surface area contributed by atoms with Crippen molar-refractivity contribution in [2.45, 2.75) is 141 Å². The molecule has 0 radical (unpaired) electrons. The van der Waals surface area contributed by atoms with Crippen molar-refractivity contribution in [3.63, 3.8) is 0 Å². The zero-order valence-electron chi connectivity index (χ0n) is 34.3. The minimum Gasteiger partial charge on any atom is -0.344 e. The Morgan fingerprint density at radius 3 is 1.32 bits per heavy atom. The monoisotopic (exact) mass is 802 g/mol. The van der Waals surface area contributed by atoms with Crippen LogP contribution in [0.2, 0.25) is 0 Å². The molecule has 0 aromatic rings. The molecular weight excluding hydrogens is 726 g/mol. The highest BCUT2D eigenvalue weighted by molar-refractivity contribution is 6.41. The minimum absolute atomic E-state index is 0.00170. The first-order chi connectivity index (χ1) is 26.2. The SMILES string of the molecule is CN[C@@H](C)C(=O)CN[C@@H](CCCNC(N)N)C(=O)N[C@@H](CC(C)C)C(=O)C(=O)[C@H](CCCNC(N)N)NC(=O)[C@H](CCCNC(N)N)NC(=O)[C@@H](N)CC(C)C. The van der Waals surface area contributed by atoms with E-state index in [1.807, 2.05) is 27.7 Å². The van der Waals surface area contributed by atoms with E-state index in [1.165, 1.54) is 0 Å². The maximum absolute atomic E-state index is 14.1. The zero-order chi connectivity index (χ0) is 43.0. The molecule has 0 aromatic carbocycles. The van der Waals surface area contributed by atoms with E-state index in [2.05, 4.69) is 42.5 Å². The number of hydrogen-bond donors (Lipinski definition) is 15. The number of carbonyl (C=O) groups is 6. The number of nitrogens with two attached hydrogens (primary N) is 7. The number of likely N-dealkylation sites (N-methyl/N-ethyl adjacent to an activating group) is 1. The first-order valence-corrected chi connectivity index (χ1v) is 19.6. The lowest BCUT2D eigenvalue weighted by molar-refractivity contribution is -0.141. The topological polar surface area (TPSA) is 381 Å². The average molecular weight is 802 g/mol. The third-order valence-electron chi connectivity index (χ3n) is 8.82. The molecule has 6 atom stereocenters. The molecule has 22 N–H and O–H groups in total. The molecule has 0 saturated heterocycles. The van der Waals surface area contributed by atoms with Gasteiger partial charge >= 0.3 is 0 Å². The van der Waals surface area contributed by atoms with Crippen LogP contribution in [0.15, 0.2) is 0 Å². The number of ketones is 3. The number of hydrogen-bond acceptors (Lipinski definition) is 18. The molecule has 0 rings (SSSR count). The summed E-state index contributed by atoms with van der Waals surface area (Å²) in [6.45, 7) is 10.0. The fourth-order valence-corrected chi connectivity index (χ4v) is 5.61. The van der Waals surface area contributed by atoms with E-state index in [4.69, 9.17) is 40.1 Å². The molecule has 0 bridgehead atoms. The second-order valence-electron chi connectivity index (χ2n) is 15.1. The molecule has 0 spiro atoms. The van der Waals surface area contributed by atoms with Crippen LogP contribution < -0.4 is 82.7 Å². The van der Waals surface area contributed by atoms with E-state index in [0.29, 0.717) is 32.4 Å². The zero-order valence-corrected chi connectivity index (χ0v) is 34.3. The van der Waals surface area contributed by atoms with Gasteiger partial charge in [-0.05, 0) is 96.8 Å². The predicted molar refractivity (Wildman–Crippen MR) is 216 cm³/mol. The fraction of sp³-hybridized carbons (Fsp3) is 0.829. The van der Waals surface area contributed by atoms with Crippen LogP contribution in [0.3, 0.4) is 0 Å². The van der Waals surface area contributed by atoms with Gasteiger partial charge in [-0.2, -0.15) is 0 Å². The second-order valence-corrected chi connectivity index (χ2v) is 15.1. The lowest BCUT2D eigenvalue weighted by Crippen LogP contribution is -2.58. The molecule has 0 aliphatic heterocycles. The number of Topliss-reactive ketones (excluding diaryl/α,β-unsaturated/α-hetero) is 3. The van der Waals surface area contributed by atoms with Crippen molar-refractivity contribution in [2.24, 2.45) is 52.0 Å². The van der Waals surface area contributed by atoms with Crippen LogP contribution in [0.4, 0.5) is 0 Å². The Kier molecular flexibility index (Phi) is 27.6. The van der Waals surface area contributed by atoms with Crippen LogP contribution in [0, 0.1) is 11.8 Å². The second kappa shape index (κ2) is 29.2. The Bertz CT molecular complexity index is 1190. The summed E-state index contributed by atoms with van der Waals surface area (Å²) in [7, 11) is 1.64. The summed E-state index contributed by atoms with van der Waals surface area (Å²) >= 11 is 0. The first-order valence-electron chi connectivity index (χ1n) is 19.6. The molecule has 3 amide bonds. The molecule has 0 aliphatic carbocycles. The maximum atomic E-state index is 14.1. The third kappa shape index (κ3) is 23.9. The van der Waals surface area contributed by atoms with Gasteiger partial charge in [-0.3, -0.25) is 50.0 Å². The van der Waals surface area contributed by atoms with E-state index in [9.17, 15) is 28.8 Å². The van der Waals surface area contributed by atoms with Crippen molar-refractivity contribution >= 4 is 35.1 Å². The Morgan fingerprint density at radius 1 is 0.482 bits per heavy atom. The predicted octanol–water partition coefficient (Wildman–Crippen LogP) is -5.15. The van der Waals surface area contributed by atoms with E-state index < -0.39 is 84.4 Å². The van der Waals surface area contributed by atoms with Crippen molar-refractivity contribution in [2.75, 3.05) is 33.2 Å². The molecular formula is C35H75N15O6. The Balaban J connectivity index is 6.41. The van der Waals surface area contributed by atoms with E-state index in [1.54, 1.807) is 14.0 Å². The Labute approximate surface area is 332 Å². The van der Waals surface area contributed by atoms with Gasteiger partial charge in [0.15, 0.2) is 5.78 Å². The maximum Gasteiger partial charge on any atom is 0.243 e. The summed E-state index contributed by atoms with van der Waals surface area (Å²) in [5.41, 5.74) is 39.6. The molecule has 326 valence electrons. The molecule has 21 nitrogen and oxygen atoms in total. The average Bonchev–Trinajstić information content (AvgIpc) is 3.11. The van der Waals surface area contributed by atoms with Crippen LogP contribution in [-0.4, -0.2) is 123 Å². The highest BCUT2D eigenvalue weighted by Crippen LogP contribution is 2.12. The lowest BCUT2D eigenvalue weighted by atomic mass is 9.93. The minimum atomic E-state index is -1.34. The van der Waals surface area contributed by atoms with Gasteiger partial charge in [-0.25, -0.2) is 0 Å². The summed E-state index contributed by atoms with van der Waals surface area (Å²) < 4.78 is 0. The van der Waals surface area contributed by atoms with Gasteiger partial charge in [0.2, 0.25) is 29.3 Å². The van der Waals surface area contributed by atoms with Crippen molar-refractivity contribution in [1.82, 2.24) is 42.5 Å². The van der Waals surface area contributed by atoms with Gasteiger partial charge in [0, 0.05) is 0 Å². The van der Waals surface area contributed by atoms with Crippen LogP contribution >= 0.6 is 0 Å². The molecule has 0 saturated carbocycles. The van der Waals surface area contributed by atoms with Gasteiger partial charge in [0.1, 0.15) is 24.9 Å². The highest BCUT2D eigenvalue weighted by atomic mass is 16.2. The Hall–Kier alpha value is -3.06. The van der Waals surface area contributed by atoms with Gasteiger partial charge in [-0.15, -0.1) is 0 Å². The van der Waals surface area contributed by atoms with Gasteiger partial charge < -0.3 is 61.4 Å². The number of amides is 3. The van der Waals surface area contributed by atoms with Crippen LogP contribution in [0.25, 0.3) is 0 Å². The lowest BCUT2D eigenvalue weighted by Gasteiger charge is -2.27. The molecule has 0 fully saturated rings. The number of carbonyl (C=O) groups excluding carboxylic acids is 6. The summed E-state index contributed by atoms with van der Waals surface area (Å²) in [5, 5.41) is 22.5. The van der Waals surface area contributed by atoms with E-state index >= 15 is 0 Å². The fourth-order valence-electron chi connectivity index (χ4n) is 5.61. The molecule has 56 heavy (non-hydrogen) atoms. The molecule has 0 aliphatic rings. The third-order valence-corrected chi connectivity index (χ3v) is 8.82. The van der Waals surface area contributed by atoms with E-state index in [0.717, 1.165) is 0 Å². The molecule has 0 heterocycles. The van der Waals surface area contributed by atoms with E-state index in [-0.39, 0.29) is 62.8 Å². The molecule has 0 aromatic heterocycles. The Morgan fingerprint density at radius 2 is 0.875 bits per heavy atom. The van der Waals surface area contributed by atoms with Crippen LogP contribution in [0.5, 0.6) is 0 Å².